The Morgan fingerprint density at radius 3 is 2.53 bits per heavy atom. The third-order valence-corrected chi connectivity index (χ3v) is 6.45. The SMILES string of the molecule is COC(=O)[C@H]1C(=O)NC(SCC(=O)Nc2ccc(Cl)c(Cl)c2)=C(C#N)[C@H]1c1ccccc1. The van der Waals surface area contributed by atoms with Gasteiger partial charge in [0.1, 0.15) is 5.92 Å². The van der Waals surface area contributed by atoms with Gasteiger partial charge in [-0.05, 0) is 23.8 Å². The van der Waals surface area contributed by atoms with Gasteiger partial charge in [0.05, 0.1) is 39.6 Å². The highest BCUT2D eigenvalue weighted by Gasteiger charge is 2.44. The van der Waals surface area contributed by atoms with Crippen molar-refractivity contribution in [3.8, 4) is 6.07 Å². The summed E-state index contributed by atoms with van der Waals surface area (Å²) in [6, 6.07) is 15.5. The molecule has 0 radical (unpaired) electrons. The third kappa shape index (κ3) is 5.25. The summed E-state index contributed by atoms with van der Waals surface area (Å²) < 4.78 is 4.80. The number of anilines is 1. The van der Waals surface area contributed by atoms with Gasteiger partial charge in [-0.25, -0.2) is 0 Å². The molecule has 0 bridgehead atoms. The molecule has 2 atom stereocenters. The molecule has 10 heteroatoms. The molecule has 164 valence electrons. The largest absolute Gasteiger partial charge is 0.468 e. The number of esters is 1. The molecule has 1 heterocycles. The van der Waals surface area contributed by atoms with Gasteiger partial charge in [0.25, 0.3) is 0 Å². The van der Waals surface area contributed by atoms with Crippen molar-refractivity contribution in [1.82, 2.24) is 5.32 Å². The average molecular weight is 490 g/mol. The molecule has 0 saturated heterocycles. The molecule has 2 N–H and O–H groups in total. The molecule has 7 nitrogen and oxygen atoms in total. The number of amides is 2. The Morgan fingerprint density at radius 1 is 1.19 bits per heavy atom. The van der Waals surface area contributed by atoms with E-state index in [4.69, 9.17) is 27.9 Å². The van der Waals surface area contributed by atoms with E-state index in [1.54, 1.807) is 42.5 Å². The Labute approximate surface area is 198 Å². The van der Waals surface area contributed by atoms with E-state index >= 15 is 0 Å². The second-order valence-electron chi connectivity index (χ2n) is 6.70. The van der Waals surface area contributed by atoms with Gasteiger partial charge in [-0.2, -0.15) is 5.26 Å². The van der Waals surface area contributed by atoms with Crippen LogP contribution in [0, 0.1) is 17.2 Å². The fourth-order valence-electron chi connectivity index (χ4n) is 3.25. The highest BCUT2D eigenvalue weighted by molar-refractivity contribution is 8.03. The van der Waals surface area contributed by atoms with Crippen LogP contribution in [0.4, 0.5) is 5.69 Å². The van der Waals surface area contributed by atoms with Crippen LogP contribution in [0.15, 0.2) is 59.1 Å². The van der Waals surface area contributed by atoms with Gasteiger partial charge in [-0.3, -0.25) is 14.4 Å². The van der Waals surface area contributed by atoms with E-state index in [1.165, 1.54) is 13.2 Å². The second-order valence-corrected chi connectivity index (χ2v) is 8.50. The maximum atomic E-state index is 12.8. The van der Waals surface area contributed by atoms with E-state index in [1.807, 2.05) is 0 Å². The molecule has 32 heavy (non-hydrogen) atoms. The summed E-state index contributed by atoms with van der Waals surface area (Å²) in [7, 11) is 1.19. The number of thioether (sulfide) groups is 1. The minimum Gasteiger partial charge on any atom is -0.468 e. The van der Waals surface area contributed by atoms with E-state index in [0.717, 1.165) is 11.8 Å². The number of hydrogen-bond acceptors (Lipinski definition) is 6. The van der Waals surface area contributed by atoms with Crippen LogP contribution in [0.3, 0.4) is 0 Å². The predicted molar refractivity (Wildman–Crippen MR) is 123 cm³/mol. The smallest absolute Gasteiger partial charge is 0.319 e. The Hall–Kier alpha value is -2.99. The van der Waals surface area contributed by atoms with Crippen molar-refractivity contribution in [2.45, 2.75) is 5.92 Å². The summed E-state index contributed by atoms with van der Waals surface area (Å²) in [5.41, 5.74) is 1.26. The number of nitrogens with zero attached hydrogens (tertiary/aromatic N) is 1. The quantitative estimate of drug-likeness (QED) is 0.466. The van der Waals surface area contributed by atoms with Crippen LogP contribution in [0.25, 0.3) is 0 Å². The Morgan fingerprint density at radius 2 is 1.91 bits per heavy atom. The third-order valence-electron chi connectivity index (χ3n) is 4.69. The minimum absolute atomic E-state index is 0.0918. The lowest BCUT2D eigenvalue weighted by atomic mass is 9.78. The average Bonchev–Trinajstić information content (AvgIpc) is 2.79. The number of benzene rings is 2. The summed E-state index contributed by atoms with van der Waals surface area (Å²) in [4.78, 5) is 37.5. The van der Waals surface area contributed by atoms with Crippen molar-refractivity contribution in [2.75, 3.05) is 18.2 Å². The maximum absolute atomic E-state index is 12.8. The van der Waals surface area contributed by atoms with Crippen LogP contribution in [-0.2, 0) is 19.1 Å². The summed E-state index contributed by atoms with van der Waals surface area (Å²) >= 11 is 12.8. The number of carbonyl (C=O) groups is 3. The summed E-state index contributed by atoms with van der Waals surface area (Å²) in [6.45, 7) is 0. The van der Waals surface area contributed by atoms with Gasteiger partial charge < -0.3 is 15.4 Å². The number of ether oxygens (including phenoxy) is 1. The Balaban J connectivity index is 1.85. The molecule has 2 aromatic rings. The zero-order valence-electron chi connectivity index (χ0n) is 16.7. The molecular formula is C22H17Cl2N3O4S. The van der Waals surface area contributed by atoms with Gasteiger partial charge in [0.15, 0.2) is 0 Å². The maximum Gasteiger partial charge on any atom is 0.319 e. The number of halogens is 2. The normalized spacial score (nSPS) is 17.9. The van der Waals surface area contributed by atoms with Crippen LogP contribution in [-0.4, -0.2) is 30.6 Å². The molecule has 3 rings (SSSR count). The number of nitriles is 1. The van der Waals surface area contributed by atoms with E-state index in [2.05, 4.69) is 16.7 Å². The predicted octanol–water partition coefficient (Wildman–Crippen LogP) is 4.10. The monoisotopic (exact) mass is 489 g/mol. The first kappa shape index (κ1) is 23.7. The molecule has 0 saturated carbocycles. The van der Waals surface area contributed by atoms with Gasteiger partial charge in [0, 0.05) is 11.6 Å². The molecule has 0 aliphatic carbocycles. The van der Waals surface area contributed by atoms with Gasteiger partial charge in [0.2, 0.25) is 11.8 Å². The van der Waals surface area contributed by atoms with E-state index in [9.17, 15) is 19.6 Å². The van der Waals surface area contributed by atoms with Crippen molar-refractivity contribution in [1.29, 1.82) is 5.26 Å². The Bertz CT molecular complexity index is 1130. The number of methoxy groups -OCH3 is 1. The van der Waals surface area contributed by atoms with Gasteiger partial charge in [-0.1, -0.05) is 65.3 Å². The summed E-state index contributed by atoms with van der Waals surface area (Å²) in [5.74, 6) is -3.86. The van der Waals surface area contributed by atoms with Crippen LogP contribution >= 0.6 is 35.0 Å². The first-order valence-electron chi connectivity index (χ1n) is 9.31. The molecule has 2 aromatic carbocycles. The van der Waals surface area contributed by atoms with E-state index < -0.39 is 23.7 Å². The zero-order chi connectivity index (χ0) is 23.3. The van der Waals surface area contributed by atoms with Gasteiger partial charge in [-0.15, -0.1) is 0 Å². The number of allylic oxidation sites excluding steroid dienone is 1. The zero-order valence-corrected chi connectivity index (χ0v) is 19.1. The number of rotatable bonds is 6. The lowest BCUT2D eigenvalue weighted by molar-refractivity contribution is -0.150. The van der Waals surface area contributed by atoms with Crippen LogP contribution < -0.4 is 10.6 Å². The van der Waals surface area contributed by atoms with E-state index in [0.29, 0.717) is 21.3 Å². The number of hydrogen-bond donors (Lipinski definition) is 2. The van der Waals surface area contributed by atoms with Crippen molar-refractivity contribution in [2.24, 2.45) is 5.92 Å². The standard InChI is InChI=1S/C22H17Cl2N3O4S/c1-31-22(30)19-18(12-5-3-2-4-6-12)14(10-25)21(27-20(19)29)32-11-17(28)26-13-7-8-15(23)16(24)9-13/h2-9,18-19H,11H2,1H3,(H,26,28)(H,27,29)/t18-,19-/m1/s1. The first-order valence-corrected chi connectivity index (χ1v) is 11.1. The lowest BCUT2D eigenvalue weighted by Crippen LogP contribution is -2.44. The molecule has 0 unspecified atom stereocenters. The number of nitrogens with one attached hydrogen (secondary N) is 2. The van der Waals surface area contributed by atoms with Crippen LogP contribution in [0.2, 0.25) is 10.0 Å². The summed E-state index contributed by atoms with van der Waals surface area (Å²) in [6.07, 6.45) is 0. The molecular weight excluding hydrogens is 473 g/mol. The molecule has 1 aliphatic rings. The number of carbonyl (C=O) groups excluding carboxylic acids is 3. The fourth-order valence-corrected chi connectivity index (χ4v) is 4.40. The van der Waals surface area contributed by atoms with Crippen molar-refractivity contribution in [3.05, 3.63) is 74.7 Å². The molecule has 0 fully saturated rings. The van der Waals surface area contributed by atoms with Crippen molar-refractivity contribution < 1.29 is 19.1 Å². The summed E-state index contributed by atoms with van der Waals surface area (Å²) in [5, 5.41) is 16.0. The van der Waals surface area contributed by atoms with E-state index in [-0.39, 0.29) is 22.3 Å². The van der Waals surface area contributed by atoms with Crippen LogP contribution in [0.5, 0.6) is 0 Å². The van der Waals surface area contributed by atoms with Crippen molar-refractivity contribution in [3.63, 3.8) is 0 Å². The second kappa shape index (κ2) is 10.6. The topological polar surface area (TPSA) is 108 Å². The highest BCUT2D eigenvalue weighted by Crippen LogP contribution is 2.40. The molecule has 0 aromatic heterocycles. The molecule has 2 amide bonds. The van der Waals surface area contributed by atoms with Crippen molar-refractivity contribution >= 4 is 58.4 Å². The molecule has 1 aliphatic heterocycles. The fraction of sp³-hybridized carbons (Fsp3) is 0.182. The van der Waals surface area contributed by atoms with Crippen LogP contribution in [0.1, 0.15) is 11.5 Å². The molecule has 0 spiro atoms. The first-order chi connectivity index (χ1) is 15.3. The highest BCUT2D eigenvalue weighted by atomic mass is 35.5. The lowest BCUT2D eigenvalue weighted by Gasteiger charge is -2.30. The minimum atomic E-state index is -1.22. The Kier molecular flexibility index (Phi) is 7.80. The van der Waals surface area contributed by atoms with Gasteiger partial charge >= 0.3 is 5.97 Å².